The first kappa shape index (κ1) is 15.2. The van der Waals surface area contributed by atoms with Crippen LogP contribution in [0.3, 0.4) is 0 Å². The van der Waals surface area contributed by atoms with E-state index in [1.165, 1.54) is 24.3 Å². The summed E-state index contributed by atoms with van der Waals surface area (Å²) in [7, 11) is 1.73. The Morgan fingerprint density at radius 1 is 1.36 bits per heavy atom. The van der Waals surface area contributed by atoms with Crippen molar-refractivity contribution in [2.75, 3.05) is 12.4 Å². The number of hydrogen-bond acceptors (Lipinski definition) is 6. The van der Waals surface area contributed by atoms with Crippen molar-refractivity contribution in [3.8, 4) is 11.5 Å². The molecule has 112 valence electrons. The third-order valence-electron chi connectivity index (χ3n) is 3.01. The number of hydrogen-bond donors (Lipinski definition) is 2. The molecule has 2 N–H and O–H groups in total. The van der Waals surface area contributed by atoms with Gasteiger partial charge >= 0.3 is 0 Å². The monoisotopic (exact) mass is 298 g/mol. The summed E-state index contributed by atoms with van der Waals surface area (Å²) in [6.07, 6.45) is 1.49. The van der Waals surface area contributed by atoms with Gasteiger partial charge in [-0.15, -0.1) is 0 Å². The molecular formula is C15H14N4O3. The topological polar surface area (TPSA) is 101 Å². The highest BCUT2D eigenvalue weighted by molar-refractivity contribution is 5.67. The van der Waals surface area contributed by atoms with Crippen molar-refractivity contribution in [2.45, 2.75) is 0 Å². The quantitative estimate of drug-likeness (QED) is 0.457. The van der Waals surface area contributed by atoms with Crippen LogP contribution in [0.15, 0.2) is 48.1 Å². The summed E-state index contributed by atoms with van der Waals surface area (Å²) in [6.45, 7) is 3.63. The number of rotatable bonds is 6. The normalized spacial score (nSPS) is 9.86. The number of non-ortho nitro benzene ring substituents is 1. The van der Waals surface area contributed by atoms with Gasteiger partial charge in [-0.3, -0.25) is 10.1 Å². The number of anilines is 1. The second-order valence-corrected chi connectivity index (χ2v) is 4.33. The molecule has 0 saturated carbocycles. The molecule has 0 aliphatic rings. The van der Waals surface area contributed by atoms with Crippen LogP contribution in [0.25, 0.3) is 6.08 Å². The molecule has 0 fully saturated rings. The molecule has 0 radical (unpaired) electrons. The van der Waals surface area contributed by atoms with E-state index in [0.717, 1.165) is 0 Å². The van der Waals surface area contributed by atoms with Gasteiger partial charge in [0.15, 0.2) is 0 Å². The number of nitrogens with zero attached hydrogens (tertiary/aromatic N) is 2. The van der Waals surface area contributed by atoms with E-state index in [2.05, 4.69) is 17.0 Å². The SMILES string of the molecule is C=Cc1cc([N+](=O)[O-])ccc1Oc1ccc(NC)c(N=N)c1. The smallest absolute Gasteiger partial charge is 0.270 e. The Morgan fingerprint density at radius 3 is 2.73 bits per heavy atom. The Morgan fingerprint density at radius 2 is 2.14 bits per heavy atom. The molecule has 0 unspecified atom stereocenters. The van der Waals surface area contributed by atoms with Crippen LogP contribution in [-0.2, 0) is 0 Å². The van der Waals surface area contributed by atoms with Crippen molar-refractivity contribution in [2.24, 2.45) is 5.11 Å². The molecule has 0 aliphatic carbocycles. The van der Waals surface area contributed by atoms with Crippen LogP contribution in [0.5, 0.6) is 11.5 Å². The maximum Gasteiger partial charge on any atom is 0.270 e. The third-order valence-corrected chi connectivity index (χ3v) is 3.01. The summed E-state index contributed by atoms with van der Waals surface area (Å²) >= 11 is 0. The third kappa shape index (κ3) is 3.09. The van der Waals surface area contributed by atoms with Crippen LogP contribution < -0.4 is 10.1 Å². The maximum absolute atomic E-state index is 10.8. The van der Waals surface area contributed by atoms with E-state index < -0.39 is 4.92 Å². The predicted octanol–water partition coefficient (Wildman–Crippen LogP) is 4.73. The number of nitrogens with one attached hydrogen (secondary N) is 2. The molecule has 0 bridgehead atoms. The van der Waals surface area contributed by atoms with Crippen LogP contribution in [0, 0.1) is 15.6 Å². The molecule has 0 aromatic heterocycles. The summed E-state index contributed by atoms with van der Waals surface area (Å²) < 4.78 is 5.71. The molecule has 0 spiro atoms. The van der Waals surface area contributed by atoms with Crippen LogP contribution in [0.4, 0.5) is 17.1 Å². The van der Waals surface area contributed by atoms with Gasteiger partial charge in [-0.1, -0.05) is 12.7 Å². The van der Waals surface area contributed by atoms with E-state index in [-0.39, 0.29) is 5.69 Å². The highest BCUT2D eigenvalue weighted by Gasteiger charge is 2.11. The van der Waals surface area contributed by atoms with Gasteiger partial charge in [0.2, 0.25) is 0 Å². The lowest BCUT2D eigenvalue weighted by Gasteiger charge is -2.11. The Labute approximate surface area is 126 Å². The van der Waals surface area contributed by atoms with Crippen molar-refractivity contribution >= 4 is 23.1 Å². The van der Waals surface area contributed by atoms with Crippen molar-refractivity contribution < 1.29 is 9.66 Å². The molecule has 2 aromatic rings. The van der Waals surface area contributed by atoms with Gasteiger partial charge in [-0.05, 0) is 18.2 Å². The zero-order valence-corrected chi connectivity index (χ0v) is 11.9. The number of nitro benzene ring substituents is 1. The minimum Gasteiger partial charge on any atom is -0.457 e. The van der Waals surface area contributed by atoms with Gasteiger partial charge in [-0.2, -0.15) is 5.11 Å². The second-order valence-electron chi connectivity index (χ2n) is 4.33. The van der Waals surface area contributed by atoms with E-state index in [4.69, 9.17) is 10.3 Å². The summed E-state index contributed by atoms with van der Waals surface area (Å²) in [4.78, 5) is 10.3. The van der Waals surface area contributed by atoms with Gasteiger partial charge in [0.1, 0.15) is 17.2 Å². The fourth-order valence-corrected chi connectivity index (χ4v) is 1.91. The van der Waals surface area contributed by atoms with Crippen molar-refractivity contribution in [3.05, 3.63) is 58.7 Å². The molecule has 7 nitrogen and oxygen atoms in total. The Kier molecular flexibility index (Phi) is 4.47. The van der Waals surface area contributed by atoms with Crippen LogP contribution in [0.2, 0.25) is 0 Å². The molecule has 0 saturated heterocycles. The first-order valence-corrected chi connectivity index (χ1v) is 6.37. The van der Waals surface area contributed by atoms with E-state index in [9.17, 15) is 10.1 Å². The summed E-state index contributed by atoms with van der Waals surface area (Å²) in [6, 6.07) is 9.32. The molecule has 0 amide bonds. The molecule has 22 heavy (non-hydrogen) atoms. The first-order valence-electron chi connectivity index (χ1n) is 6.37. The molecular weight excluding hydrogens is 284 g/mol. The molecule has 2 rings (SSSR count). The lowest BCUT2D eigenvalue weighted by molar-refractivity contribution is -0.384. The minimum absolute atomic E-state index is 0.0328. The molecule has 7 heteroatoms. The number of benzene rings is 2. The van der Waals surface area contributed by atoms with Crippen LogP contribution in [-0.4, -0.2) is 12.0 Å². The lowest BCUT2D eigenvalue weighted by Crippen LogP contribution is -1.93. The van der Waals surface area contributed by atoms with Crippen molar-refractivity contribution in [1.29, 1.82) is 5.53 Å². The first-order chi connectivity index (χ1) is 10.6. The number of ether oxygens (including phenoxy) is 1. The number of nitro groups is 1. The zero-order chi connectivity index (χ0) is 16.1. The standard InChI is InChI=1S/C15H14N4O3/c1-3-10-8-11(19(20)21)4-7-15(10)22-12-5-6-13(17-2)14(9-12)18-16/h3-9,16-17H,1H2,2H3. The fourth-order valence-electron chi connectivity index (χ4n) is 1.91. The lowest BCUT2D eigenvalue weighted by atomic mass is 10.1. The van der Waals surface area contributed by atoms with E-state index >= 15 is 0 Å². The van der Waals surface area contributed by atoms with Gasteiger partial charge in [0.05, 0.1) is 10.6 Å². The average molecular weight is 298 g/mol. The fraction of sp³-hybridized carbons (Fsp3) is 0.0667. The second kappa shape index (κ2) is 6.49. The van der Waals surface area contributed by atoms with Gasteiger partial charge in [0.25, 0.3) is 5.69 Å². The Balaban J connectivity index is 2.36. The summed E-state index contributed by atoms with van der Waals surface area (Å²) in [5.41, 5.74) is 8.77. The minimum atomic E-state index is -0.477. The average Bonchev–Trinajstić information content (AvgIpc) is 2.54. The zero-order valence-electron chi connectivity index (χ0n) is 11.9. The largest absolute Gasteiger partial charge is 0.457 e. The molecule has 0 atom stereocenters. The summed E-state index contributed by atoms with van der Waals surface area (Å²) in [5.74, 6) is 0.913. The predicted molar refractivity (Wildman–Crippen MR) is 84.1 cm³/mol. The molecule has 0 heterocycles. The van der Waals surface area contributed by atoms with E-state index in [0.29, 0.717) is 28.4 Å². The van der Waals surface area contributed by atoms with Crippen LogP contribution >= 0.6 is 0 Å². The molecule has 2 aromatic carbocycles. The van der Waals surface area contributed by atoms with Crippen LogP contribution in [0.1, 0.15) is 5.56 Å². The maximum atomic E-state index is 10.8. The molecule has 0 aliphatic heterocycles. The Bertz CT molecular complexity index is 744. The van der Waals surface area contributed by atoms with E-state index in [1.807, 2.05) is 0 Å². The van der Waals surface area contributed by atoms with Gasteiger partial charge in [0, 0.05) is 30.8 Å². The van der Waals surface area contributed by atoms with E-state index in [1.54, 1.807) is 25.2 Å². The van der Waals surface area contributed by atoms with Crippen molar-refractivity contribution in [3.63, 3.8) is 0 Å². The van der Waals surface area contributed by atoms with Crippen molar-refractivity contribution in [1.82, 2.24) is 0 Å². The highest BCUT2D eigenvalue weighted by atomic mass is 16.6. The van der Waals surface area contributed by atoms with Gasteiger partial charge in [-0.25, -0.2) is 5.53 Å². The summed E-state index contributed by atoms with van der Waals surface area (Å²) in [5, 5.41) is 17.1. The Hall–Kier alpha value is -3.22. The van der Waals surface area contributed by atoms with Gasteiger partial charge < -0.3 is 10.1 Å². The highest BCUT2D eigenvalue weighted by Crippen LogP contribution is 2.34.